The van der Waals surface area contributed by atoms with Crippen LogP contribution in [0.25, 0.3) is 11.1 Å². The van der Waals surface area contributed by atoms with E-state index in [2.05, 4.69) is 49.4 Å². The smallest absolute Gasteiger partial charge is 0.0215 e. The van der Waals surface area contributed by atoms with Gasteiger partial charge in [-0.1, -0.05) is 86.6 Å². The van der Waals surface area contributed by atoms with Crippen LogP contribution in [-0.2, 0) is 5.41 Å². The van der Waals surface area contributed by atoms with Crippen molar-refractivity contribution in [1.29, 1.82) is 0 Å². The van der Waals surface area contributed by atoms with Crippen LogP contribution in [0.5, 0.6) is 0 Å². The first-order chi connectivity index (χ1) is 10.8. The molecule has 4 rings (SSSR count). The van der Waals surface area contributed by atoms with Crippen LogP contribution in [0.4, 0.5) is 0 Å². The van der Waals surface area contributed by atoms with Crippen LogP contribution < -0.4 is 0 Å². The molecule has 0 aromatic heterocycles. The topological polar surface area (TPSA) is 0 Å². The summed E-state index contributed by atoms with van der Waals surface area (Å²) >= 11 is 0. The van der Waals surface area contributed by atoms with Gasteiger partial charge in [0.2, 0.25) is 0 Å². The molecule has 2 aliphatic rings. The van der Waals surface area contributed by atoms with Gasteiger partial charge >= 0.3 is 0 Å². The molecule has 0 N–H and O–H groups in total. The van der Waals surface area contributed by atoms with Gasteiger partial charge in [0.15, 0.2) is 0 Å². The minimum atomic E-state index is 0. The summed E-state index contributed by atoms with van der Waals surface area (Å²) < 4.78 is 0. The van der Waals surface area contributed by atoms with E-state index in [1.165, 1.54) is 68.1 Å². The van der Waals surface area contributed by atoms with Gasteiger partial charge in [0.25, 0.3) is 0 Å². The van der Waals surface area contributed by atoms with Crippen molar-refractivity contribution >= 4 is 0 Å². The zero-order chi connectivity index (χ0) is 15.0. The Balaban J connectivity index is 0.00000156. The fourth-order valence-corrected chi connectivity index (χ4v) is 4.79. The maximum Gasteiger partial charge on any atom is 0.0215 e. The van der Waals surface area contributed by atoms with Gasteiger partial charge in [0.05, 0.1) is 0 Å². The van der Waals surface area contributed by atoms with Crippen molar-refractivity contribution in [3.8, 4) is 11.1 Å². The van der Waals surface area contributed by atoms with E-state index in [-0.39, 0.29) is 1.43 Å². The quantitative estimate of drug-likeness (QED) is 0.510. The van der Waals surface area contributed by atoms with Gasteiger partial charge in [0, 0.05) is 6.84 Å². The molecule has 1 fully saturated rings. The van der Waals surface area contributed by atoms with Gasteiger partial charge in [0.1, 0.15) is 0 Å². The second kappa shape index (κ2) is 5.57. The Morgan fingerprint density at radius 3 is 2.14 bits per heavy atom. The van der Waals surface area contributed by atoms with Crippen LogP contribution in [0, 0.1) is 6.92 Å². The molecular weight excluding hydrogens is 264 g/mol. The monoisotopic (exact) mass is 292 g/mol. The summed E-state index contributed by atoms with van der Waals surface area (Å²) in [5, 5.41) is 0. The highest BCUT2D eigenvalue weighted by Gasteiger charge is 2.42. The summed E-state index contributed by atoms with van der Waals surface area (Å²) in [7, 11) is 0. The molecule has 2 aliphatic carbocycles. The average molecular weight is 292 g/mol. The standard InChI is InChI=1S/C22H26.H2/c1-17-12-13-19-18-10-6-7-11-20(18)22(21(19)16-17)14-8-4-2-3-5-9-15-22;/h6-7,10-13,16H,2-5,8-9,14-15H2,1H3;1H. The summed E-state index contributed by atoms with van der Waals surface area (Å²) in [4.78, 5) is 0. The number of benzene rings is 2. The highest BCUT2D eigenvalue weighted by Crippen LogP contribution is 2.54. The summed E-state index contributed by atoms with van der Waals surface area (Å²) in [6.45, 7) is 2.24. The predicted octanol–water partition coefficient (Wildman–Crippen LogP) is 6.64. The molecule has 0 heterocycles. The maximum absolute atomic E-state index is 2.48. The molecule has 2 aromatic rings. The van der Waals surface area contributed by atoms with Gasteiger partial charge in [-0.05, 0) is 42.0 Å². The molecule has 1 spiro atoms. The molecular formula is C22H28. The highest BCUT2D eigenvalue weighted by atomic mass is 14.4. The summed E-state index contributed by atoms with van der Waals surface area (Å²) in [5.74, 6) is 0. The first-order valence-electron chi connectivity index (χ1n) is 9.02. The molecule has 0 amide bonds. The average Bonchev–Trinajstić information content (AvgIpc) is 2.87. The zero-order valence-electron chi connectivity index (χ0n) is 13.7. The minimum Gasteiger partial charge on any atom is -0.0619 e. The zero-order valence-corrected chi connectivity index (χ0v) is 13.7. The van der Waals surface area contributed by atoms with Crippen LogP contribution in [0.15, 0.2) is 42.5 Å². The molecule has 0 saturated heterocycles. The Bertz CT molecular complexity index is 676. The first-order valence-corrected chi connectivity index (χ1v) is 9.02. The number of hydrogen-bond donors (Lipinski definition) is 0. The van der Waals surface area contributed by atoms with E-state index in [0.717, 1.165) is 0 Å². The van der Waals surface area contributed by atoms with Gasteiger partial charge in [-0.3, -0.25) is 0 Å². The van der Waals surface area contributed by atoms with Crippen molar-refractivity contribution < 1.29 is 1.43 Å². The Labute approximate surface area is 136 Å². The third-order valence-electron chi connectivity index (χ3n) is 5.88. The second-order valence-electron chi connectivity index (χ2n) is 7.30. The molecule has 0 atom stereocenters. The number of rotatable bonds is 0. The number of hydrogen-bond acceptors (Lipinski definition) is 0. The fraction of sp³-hybridized carbons (Fsp3) is 0.455. The third-order valence-corrected chi connectivity index (χ3v) is 5.88. The summed E-state index contributed by atoms with van der Waals surface area (Å²) in [5.41, 5.74) is 7.93. The van der Waals surface area contributed by atoms with Gasteiger partial charge < -0.3 is 0 Å². The Hall–Kier alpha value is -1.56. The molecule has 0 unspecified atom stereocenters. The van der Waals surface area contributed by atoms with E-state index in [1.54, 1.807) is 11.1 Å². The van der Waals surface area contributed by atoms with Gasteiger partial charge in [-0.15, -0.1) is 0 Å². The molecule has 0 heteroatoms. The lowest BCUT2D eigenvalue weighted by Gasteiger charge is -2.32. The third kappa shape index (κ3) is 2.12. The minimum absolute atomic E-state index is 0. The molecule has 0 nitrogen and oxygen atoms in total. The van der Waals surface area contributed by atoms with Crippen molar-refractivity contribution in [2.24, 2.45) is 0 Å². The van der Waals surface area contributed by atoms with Crippen LogP contribution in [-0.4, -0.2) is 0 Å². The first kappa shape index (κ1) is 14.1. The lowest BCUT2D eigenvalue weighted by molar-refractivity contribution is 0.422. The van der Waals surface area contributed by atoms with Crippen molar-refractivity contribution in [2.45, 2.75) is 63.7 Å². The van der Waals surface area contributed by atoms with E-state index in [0.29, 0.717) is 5.41 Å². The van der Waals surface area contributed by atoms with Crippen LogP contribution in [0.3, 0.4) is 0 Å². The van der Waals surface area contributed by atoms with Crippen molar-refractivity contribution in [3.63, 3.8) is 0 Å². The van der Waals surface area contributed by atoms with Crippen LogP contribution in [0.1, 0.15) is 69.5 Å². The number of aryl methyl sites for hydroxylation is 1. The molecule has 0 radical (unpaired) electrons. The maximum atomic E-state index is 2.48. The van der Waals surface area contributed by atoms with E-state index >= 15 is 0 Å². The Kier molecular flexibility index (Phi) is 3.56. The molecule has 0 bridgehead atoms. The molecule has 22 heavy (non-hydrogen) atoms. The van der Waals surface area contributed by atoms with Gasteiger partial charge in [-0.25, -0.2) is 0 Å². The predicted molar refractivity (Wildman–Crippen MR) is 96.4 cm³/mol. The van der Waals surface area contributed by atoms with E-state index in [1.807, 2.05) is 0 Å². The van der Waals surface area contributed by atoms with Crippen molar-refractivity contribution in [1.82, 2.24) is 0 Å². The lowest BCUT2D eigenvalue weighted by atomic mass is 9.71. The van der Waals surface area contributed by atoms with Gasteiger partial charge in [-0.2, -0.15) is 0 Å². The largest absolute Gasteiger partial charge is 0.0619 e. The molecule has 1 saturated carbocycles. The van der Waals surface area contributed by atoms with Crippen LogP contribution in [0.2, 0.25) is 0 Å². The van der Waals surface area contributed by atoms with Crippen molar-refractivity contribution in [3.05, 3.63) is 59.2 Å². The Morgan fingerprint density at radius 1 is 0.727 bits per heavy atom. The van der Waals surface area contributed by atoms with E-state index < -0.39 is 0 Å². The number of fused-ring (bicyclic) bond motifs is 5. The normalized spacial score (nSPS) is 19.9. The molecule has 2 aromatic carbocycles. The van der Waals surface area contributed by atoms with Crippen molar-refractivity contribution in [2.75, 3.05) is 0 Å². The molecule has 116 valence electrons. The SMILES string of the molecule is Cc1ccc2c(c1)C1(CCCCCCCC1)c1ccccc1-2.[HH]. The van der Waals surface area contributed by atoms with Crippen LogP contribution >= 0.6 is 0 Å². The van der Waals surface area contributed by atoms with E-state index in [4.69, 9.17) is 0 Å². The summed E-state index contributed by atoms with van der Waals surface area (Å²) in [6, 6.07) is 16.3. The Morgan fingerprint density at radius 2 is 1.36 bits per heavy atom. The lowest BCUT2D eigenvalue weighted by Crippen LogP contribution is -2.25. The second-order valence-corrected chi connectivity index (χ2v) is 7.30. The molecule has 0 aliphatic heterocycles. The summed E-state index contributed by atoms with van der Waals surface area (Å²) in [6.07, 6.45) is 11.1. The fourth-order valence-electron chi connectivity index (χ4n) is 4.79. The van der Waals surface area contributed by atoms with E-state index in [9.17, 15) is 0 Å². The highest BCUT2D eigenvalue weighted by molar-refractivity contribution is 5.81.